The van der Waals surface area contributed by atoms with Gasteiger partial charge in [0.1, 0.15) is 4.90 Å². The summed E-state index contributed by atoms with van der Waals surface area (Å²) < 4.78 is 26.4. The number of aromatic nitrogens is 1. The van der Waals surface area contributed by atoms with Gasteiger partial charge in [0.25, 0.3) is 0 Å². The van der Waals surface area contributed by atoms with Crippen LogP contribution in [0.25, 0.3) is 0 Å². The molecular weight excluding hydrogens is 353 g/mol. The number of anilines is 1. The van der Waals surface area contributed by atoms with Crippen LogP contribution in [-0.2, 0) is 16.6 Å². The van der Waals surface area contributed by atoms with Gasteiger partial charge in [-0.2, -0.15) is 4.31 Å². The Bertz CT molecular complexity index is 775. The van der Waals surface area contributed by atoms with Crippen molar-refractivity contribution in [3.63, 3.8) is 0 Å². The number of nitrogens with zero attached hydrogens (tertiary/aromatic N) is 2. The minimum absolute atomic E-state index is 0.0572. The van der Waals surface area contributed by atoms with E-state index in [1.54, 1.807) is 5.51 Å². The average Bonchev–Trinajstić information content (AvgIpc) is 2.81. The normalized spacial score (nSPS) is 12.0. The van der Waals surface area contributed by atoms with Gasteiger partial charge in [0, 0.05) is 18.5 Å². The van der Waals surface area contributed by atoms with E-state index in [1.165, 1.54) is 34.8 Å². The van der Waals surface area contributed by atoms with Crippen molar-refractivity contribution < 1.29 is 8.42 Å². The number of hydrogen-bond acceptors (Lipinski definition) is 5. The van der Waals surface area contributed by atoms with Crippen molar-refractivity contribution in [2.24, 2.45) is 0 Å². The third-order valence-electron chi connectivity index (χ3n) is 2.99. The van der Waals surface area contributed by atoms with E-state index < -0.39 is 10.0 Å². The average molecular weight is 366 g/mol. The van der Waals surface area contributed by atoms with Crippen LogP contribution in [0.15, 0.2) is 22.5 Å². The van der Waals surface area contributed by atoms with Gasteiger partial charge in [-0.25, -0.2) is 13.4 Å². The maximum absolute atomic E-state index is 12.6. The molecule has 1 aromatic heterocycles. The third kappa shape index (κ3) is 3.17. The van der Waals surface area contributed by atoms with Crippen LogP contribution >= 0.6 is 34.5 Å². The zero-order valence-corrected chi connectivity index (χ0v) is 14.4. The molecular formula is C12H13Cl2N3O2S2. The van der Waals surface area contributed by atoms with Gasteiger partial charge in [-0.3, -0.25) is 0 Å². The fourth-order valence-corrected chi connectivity index (χ4v) is 4.47. The Balaban J connectivity index is 2.38. The van der Waals surface area contributed by atoms with Crippen molar-refractivity contribution >= 4 is 50.2 Å². The van der Waals surface area contributed by atoms with E-state index in [4.69, 9.17) is 28.9 Å². The van der Waals surface area contributed by atoms with E-state index in [9.17, 15) is 8.42 Å². The van der Waals surface area contributed by atoms with E-state index in [1.807, 2.05) is 6.92 Å². The Morgan fingerprint density at radius 2 is 2.05 bits per heavy atom. The number of benzene rings is 1. The molecule has 0 saturated carbocycles. The second kappa shape index (κ2) is 6.10. The number of thiazole rings is 1. The maximum atomic E-state index is 12.6. The van der Waals surface area contributed by atoms with Gasteiger partial charge in [0.2, 0.25) is 10.0 Å². The number of rotatable bonds is 4. The largest absolute Gasteiger partial charge is 0.396 e. The summed E-state index contributed by atoms with van der Waals surface area (Å²) in [6, 6.07) is 2.77. The summed E-state index contributed by atoms with van der Waals surface area (Å²) >= 11 is 13.2. The van der Waals surface area contributed by atoms with Gasteiger partial charge in [-0.15, -0.1) is 11.3 Å². The number of hydrogen-bond donors (Lipinski definition) is 1. The van der Waals surface area contributed by atoms with Crippen molar-refractivity contribution in [1.82, 2.24) is 9.29 Å². The van der Waals surface area contributed by atoms with E-state index in [2.05, 4.69) is 4.98 Å². The number of nitrogens with two attached hydrogens (primary N) is 1. The standard InChI is InChI=1S/C12H13Cl2N3O2S2/c1-7-9(20-6-16-7)5-17(2)21(18,19)10-4-3-8(13)12(15)11(10)14/h3-4,6H,5,15H2,1-2H3. The molecule has 0 bridgehead atoms. The van der Waals surface area contributed by atoms with Crippen LogP contribution in [0.3, 0.4) is 0 Å². The van der Waals surface area contributed by atoms with Crippen molar-refractivity contribution in [3.05, 3.63) is 38.3 Å². The minimum atomic E-state index is -3.76. The van der Waals surface area contributed by atoms with Gasteiger partial charge in [0.15, 0.2) is 0 Å². The summed E-state index contributed by atoms with van der Waals surface area (Å²) in [4.78, 5) is 4.92. The molecule has 0 atom stereocenters. The van der Waals surface area contributed by atoms with Crippen molar-refractivity contribution in [3.8, 4) is 0 Å². The number of nitrogen functional groups attached to an aromatic ring is 1. The van der Waals surface area contributed by atoms with Gasteiger partial charge in [-0.1, -0.05) is 23.2 Å². The highest BCUT2D eigenvalue weighted by Crippen LogP contribution is 2.34. The predicted molar refractivity (Wildman–Crippen MR) is 86.4 cm³/mol. The Hall–Kier alpha value is -0.860. The predicted octanol–water partition coefficient (Wildman–Crippen LogP) is 3.16. The SMILES string of the molecule is Cc1ncsc1CN(C)S(=O)(=O)c1ccc(Cl)c(N)c1Cl. The molecule has 0 amide bonds. The molecule has 9 heteroatoms. The van der Waals surface area contributed by atoms with Gasteiger partial charge >= 0.3 is 0 Å². The van der Waals surface area contributed by atoms with Crippen molar-refractivity contribution in [1.29, 1.82) is 0 Å². The van der Waals surface area contributed by atoms with Crippen LogP contribution < -0.4 is 5.73 Å². The smallest absolute Gasteiger partial charge is 0.244 e. The lowest BCUT2D eigenvalue weighted by Crippen LogP contribution is -2.26. The molecule has 0 unspecified atom stereocenters. The molecule has 2 rings (SSSR count). The summed E-state index contributed by atoms with van der Waals surface area (Å²) in [6.07, 6.45) is 0. The van der Waals surface area contributed by atoms with E-state index in [-0.39, 0.29) is 27.2 Å². The van der Waals surface area contributed by atoms with Crippen LogP contribution in [0.4, 0.5) is 5.69 Å². The Kier molecular flexibility index (Phi) is 4.79. The van der Waals surface area contributed by atoms with E-state index in [0.29, 0.717) is 0 Å². The summed E-state index contributed by atoms with van der Waals surface area (Å²) in [6.45, 7) is 2.05. The lowest BCUT2D eigenvalue weighted by molar-refractivity contribution is 0.469. The second-order valence-electron chi connectivity index (χ2n) is 4.40. The topological polar surface area (TPSA) is 76.3 Å². The highest BCUT2D eigenvalue weighted by Gasteiger charge is 2.26. The van der Waals surface area contributed by atoms with Crippen molar-refractivity contribution in [2.45, 2.75) is 18.4 Å². The quantitative estimate of drug-likeness (QED) is 0.844. The molecule has 0 aliphatic heterocycles. The van der Waals surface area contributed by atoms with Crippen LogP contribution in [0.5, 0.6) is 0 Å². The molecule has 2 aromatic rings. The summed E-state index contributed by atoms with van der Waals surface area (Å²) in [5.74, 6) is 0. The highest BCUT2D eigenvalue weighted by molar-refractivity contribution is 7.89. The summed E-state index contributed by atoms with van der Waals surface area (Å²) in [5, 5.41) is 0.162. The molecule has 21 heavy (non-hydrogen) atoms. The van der Waals surface area contributed by atoms with E-state index in [0.717, 1.165) is 10.6 Å². The molecule has 0 saturated heterocycles. The molecule has 1 aromatic carbocycles. The molecule has 2 N–H and O–H groups in total. The highest BCUT2D eigenvalue weighted by atomic mass is 35.5. The first-order valence-electron chi connectivity index (χ1n) is 5.84. The van der Waals surface area contributed by atoms with Gasteiger partial charge < -0.3 is 5.73 Å². The second-order valence-corrected chi connectivity index (χ2v) is 8.13. The third-order valence-corrected chi connectivity index (χ3v) is 6.60. The zero-order chi connectivity index (χ0) is 15.8. The molecule has 0 radical (unpaired) electrons. The van der Waals surface area contributed by atoms with Crippen molar-refractivity contribution in [2.75, 3.05) is 12.8 Å². The van der Waals surface area contributed by atoms with Gasteiger partial charge in [-0.05, 0) is 19.1 Å². The minimum Gasteiger partial charge on any atom is -0.396 e. The molecule has 0 aliphatic carbocycles. The fraction of sp³-hybridized carbons (Fsp3) is 0.250. The Labute approximate surface area is 137 Å². The number of halogens is 2. The first-order valence-corrected chi connectivity index (χ1v) is 8.91. The van der Waals surface area contributed by atoms with Crippen LogP contribution in [-0.4, -0.2) is 24.8 Å². The van der Waals surface area contributed by atoms with Gasteiger partial charge in [0.05, 0.1) is 26.9 Å². The molecule has 0 spiro atoms. The van der Waals surface area contributed by atoms with Crippen LogP contribution in [0.1, 0.15) is 10.6 Å². The molecule has 114 valence electrons. The molecule has 0 aliphatic rings. The number of sulfonamides is 1. The summed E-state index contributed by atoms with van der Waals surface area (Å²) in [5.41, 5.74) is 8.23. The molecule has 1 heterocycles. The Morgan fingerprint density at radius 1 is 1.38 bits per heavy atom. The fourth-order valence-electron chi connectivity index (χ4n) is 1.68. The van der Waals surface area contributed by atoms with E-state index >= 15 is 0 Å². The first kappa shape index (κ1) is 16.5. The number of aryl methyl sites for hydroxylation is 1. The lowest BCUT2D eigenvalue weighted by Gasteiger charge is -2.18. The van der Waals surface area contributed by atoms with Crippen LogP contribution in [0.2, 0.25) is 10.0 Å². The Morgan fingerprint density at radius 3 is 2.62 bits per heavy atom. The maximum Gasteiger partial charge on any atom is 0.244 e. The molecule has 0 fully saturated rings. The monoisotopic (exact) mass is 365 g/mol. The lowest BCUT2D eigenvalue weighted by atomic mass is 10.3. The van der Waals surface area contributed by atoms with Crippen LogP contribution in [0, 0.1) is 6.92 Å². The molecule has 5 nitrogen and oxygen atoms in total. The summed E-state index contributed by atoms with van der Waals surface area (Å²) in [7, 11) is -2.28. The zero-order valence-electron chi connectivity index (χ0n) is 11.3. The first-order chi connectivity index (χ1) is 9.75.